The number of piperidine rings is 2. The third kappa shape index (κ3) is 8.73. The molecule has 0 unspecified atom stereocenters. The molecular weight excluding hydrogens is 592 g/mol. The lowest BCUT2D eigenvalue weighted by atomic mass is 9.71. The van der Waals surface area contributed by atoms with E-state index in [9.17, 15) is 14.4 Å². The van der Waals surface area contributed by atoms with Crippen molar-refractivity contribution in [1.29, 1.82) is 0 Å². The summed E-state index contributed by atoms with van der Waals surface area (Å²) >= 11 is 6.42. The highest BCUT2D eigenvalue weighted by molar-refractivity contribution is 6.37. The van der Waals surface area contributed by atoms with Gasteiger partial charge in [0.1, 0.15) is 21.5 Å². The molecule has 0 N–H and O–H groups in total. The highest BCUT2D eigenvalue weighted by Gasteiger charge is 2.36. The van der Waals surface area contributed by atoms with Gasteiger partial charge in [-0.3, -0.25) is 19.4 Å². The molecule has 6 nitrogen and oxygen atoms in total. The Morgan fingerprint density at radius 3 is 2.26 bits per heavy atom. The summed E-state index contributed by atoms with van der Waals surface area (Å²) in [6.07, 6.45) is 11.6. The number of halogens is 1. The predicted octanol–water partition coefficient (Wildman–Crippen LogP) is 4.91. The van der Waals surface area contributed by atoms with E-state index in [1.807, 2.05) is 34.9 Å². The van der Waals surface area contributed by atoms with Crippen molar-refractivity contribution in [3.63, 3.8) is 0 Å². The Morgan fingerprint density at radius 1 is 0.891 bits per heavy atom. The van der Waals surface area contributed by atoms with E-state index in [1.54, 1.807) is 6.20 Å². The van der Waals surface area contributed by atoms with E-state index in [2.05, 4.69) is 6.58 Å². The number of fused-ring (bicyclic) bond motifs is 2. The lowest BCUT2D eigenvalue weighted by Crippen LogP contribution is -2.43. The first-order valence-corrected chi connectivity index (χ1v) is 17.5. The summed E-state index contributed by atoms with van der Waals surface area (Å²) in [7, 11) is 12.8. The van der Waals surface area contributed by atoms with Gasteiger partial charge in [0, 0.05) is 69.0 Å². The minimum absolute atomic E-state index is 0.0495. The van der Waals surface area contributed by atoms with Crippen LogP contribution in [0.15, 0.2) is 36.5 Å². The van der Waals surface area contributed by atoms with Crippen molar-refractivity contribution in [1.82, 2.24) is 14.8 Å². The summed E-state index contributed by atoms with van der Waals surface area (Å²) < 4.78 is 0. The molecule has 2 fully saturated rings. The van der Waals surface area contributed by atoms with Gasteiger partial charge in [0.05, 0.1) is 5.69 Å². The van der Waals surface area contributed by atoms with Crippen molar-refractivity contribution in [2.45, 2.75) is 96.3 Å². The quantitative estimate of drug-likeness (QED) is 0.200. The van der Waals surface area contributed by atoms with Crippen LogP contribution in [0.5, 0.6) is 0 Å². The largest absolute Gasteiger partial charge is 0.343 e. The van der Waals surface area contributed by atoms with Crippen molar-refractivity contribution in [3.8, 4) is 0 Å². The Morgan fingerprint density at radius 2 is 1.54 bits per heavy atom. The third-order valence-electron chi connectivity index (χ3n) is 10.2. The molecule has 2 aliphatic heterocycles. The molecule has 9 heteroatoms. The second-order valence-corrected chi connectivity index (χ2v) is 14.3. The number of hydrogen-bond donors (Lipinski definition) is 0. The Kier molecular flexibility index (Phi) is 11.9. The fourth-order valence-corrected chi connectivity index (χ4v) is 8.02. The molecule has 1 aliphatic carbocycles. The summed E-state index contributed by atoms with van der Waals surface area (Å²) in [5.74, 6) is 1.33. The minimum Gasteiger partial charge on any atom is -0.343 e. The van der Waals surface area contributed by atoms with Crippen LogP contribution in [0.3, 0.4) is 0 Å². The number of likely N-dealkylation sites (tertiary alicyclic amines) is 2. The number of amides is 2. The van der Waals surface area contributed by atoms with Crippen molar-refractivity contribution in [2.75, 3.05) is 26.2 Å². The smallest absolute Gasteiger partial charge is 0.222 e. The van der Waals surface area contributed by atoms with Gasteiger partial charge in [-0.15, -0.1) is 0 Å². The minimum atomic E-state index is 0.0495. The van der Waals surface area contributed by atoms with E-state index in [1.165, 1.54) is 11.1 Å². The van der Waals surface area contributed by atoms with Crippen molar-refractivity contribution in [2.24, 2.45) is 11.8 Å². The average molecular weight is 638 g/mol. The molecule has 3 aliphatic rings. The first kappa shape index (κ1) is 34.5. The zero-order valence-electron chi connectivity index (χ0n) is 27.4. The van der Waals surface area contributed by atoms with Crippen LogP contribution in [0.1, 0.15) is 106 Å². The Labute approximate surface area is 282 Å². The zero-order chi connectivity index (χ0) is 32.8. The fraction of sp³-hybridized carbons (Fsp3) is 0.568. The maximum atomic E-state index is 13.4. The Balaban J connectivity index is 1.09. The molecule has 5 rings (SSSR count). The van der Waals surface area contributed by atoms with Crippen molar-refractivity contribution < 1.29 is 14.4 Å². The van der Waals surface area contributed by atoms with E-state index in [4.69, 9.17) is 32.3 Å². The molecule has 46 heavy (non-hydrogen) atoms. The number of pyridine rings is 1. The summed E-state index contributed by atoms with van der Waals surface area (Å²) in [5, 5.41) is 0.656. The Bertz CT molecular complexity index is 1450. The molecule has 1 aromatic carbocycles. The molecule has 4 radical (unpaired) electrons. The van der Waals surface area contributed by atoms with Gasteiger partial charge in [0.25, 0.3) is 0 Å². The van der Waals surface area contributed by atoms with Crippen molar-refractivity contribution in [3.05, 3.63) is 64.0 Å². The van der Waals surface area contributed by atoms with E-state index in [0.717, 1.165) is 101 Å². The lowest BCUT2D eigenvalue weighted by Gasteiger charge is -2.38. The lowest BCUT2D eigenvalue weighted by molar-refractivity contribution is -0.135. The first-order chi connectivity index (χ1) is 22.1. The maximum Gasteiger partial charge on any atom is 0.222 e. The van der Waals surface area contributed by atoms with Gasteiger partial charge in [-0.25, -0.2) is 0 Å². The van der Waals surface area contributed by atoms with E-state index >= 15 is 0 Å². The van der Waals surface area contributed by atoms with Gasteiger partial charge in [0.15, 0.2) is 0 Å². The topological polar surface area (TPSA) is 70.6 Å². The number of carbonyl (C=O) groups excluding carboxylic acids is 3. The van der Waals surface area contributed by atoms with Gasteiger partial charge < -0.3 is 9.80 Å². The SMILES string of the molecule is [B]c1cnc2c(c1)CCc1cc(Cl)cc([B])c1[C@H]2C1CCN(C(=O)CC2CCN(C(=O)CCCCCC(=O)CC(=C)C)CC2)CC1. The monoisotopic (exact) mass is 637 g/mol. The van der Waals surface area contributed by atoms with Gasteiger partial charge in [-0.05, 0) is 92.9 Å². The van der Waals surface area contributed by atoms with Crippen molar-refractivity contribution >= 4 is 55.8 Å². The summed E-state index contributed by atoms with van der Waals surface area (Å²) in [6, 6.07) is 5.95. The number of allylic oxidation sites excluding steroid dienone is 1. The number of unbranched alkanes of at least 4 members (excludes halogenated alkanes) is 2. The van der Waals surface area contributed by atoms with Crippen LogP contribution in [-0.2, 0) is 27.2 Å². The van der Waals surface area contributed by atoms with Crippen LogP contribution < -0.4 is 10.9 Å². The molecular formula is C37H46B2ClN3O3. The predicted molar refractivity (Wildman–Crippen MR) is 186 cm³/mol. The number of benzene rings is 1. The number of rotatable bonds is 11. The number of aryl methyl sites for hydroxylation is 2. The van der Waals surface area contributed by atoms with E-state index < -0.39 is 0 Å². The third-order valence-corrected chi connectivity index (χ3v) is 10.4. The van der Waals surface area contributed by atoms with Gasteiger partial charge in [-0.2, -0.15) is 0 Å². The molecule has 2 saturated heterocycles. The second kappa shape index (κ2) is 15.8. The highest BCUT2D eigenvalue weighted by atomic mass is 35.5. The van der Waals surface area contributed by atoms with Crippen LogP contribution >= 0.6 is 11.6 Å². The molecule has 3 heterocycles. The molecule has 2 aromatic rings. The Hall–Kier alpha value is -2.86. The summed E-state index contributed by atoms with van der Waals surface area (Å²) in [4.78, 5) is 46.8. The number of Topliss-reactive ketones (excluding diaryl/α,β-unsaturated/α-hetero) is 1. The van der Waals surface area contributed by atoms with Crippen LogP contribution in [0.2, 0.25) is 5.02 Å². The van der Waals surface area contributed by atoms with Gasteiger partial charge in [0.2, 0.25) is 11.8 Å². The number of carbonyl (C=O) groups is 3. The molecule has 1 aromatic heterocycles. The van der Waals surface area contributed by atoms with Gasteiger partial charge >= 0.3 is 0 Å². The van der Waals surface area contributed by atoms with Crippen LogP contribution in [0, 0.1) is 11.8 Å². The second-order valence-electron chi connectivity index (χ2n) is 13.8. The highest BCUT2D eigenvalue weighted by Crippen LogP contribution is 2.42. The first-order valence-electron chi connectivity index (χ1n) is 17.1. The zero-order valence-corrected chi connectivity index (χ0v) is 28.1. The molecule has 2 amide bonds. The average Bonchev–Trinajstić information content (AvgIpc) is 3.17. The fourth-order valence-electron chi connectivity index (χ4n) is 7.77. The molecule has 0 spiro atoms. The number of aromatic nitrogens is 1. The van der Waals surface area contributed by atoms with E-state index in [-0.39, 0.29) is 23.5 Å². The number of ketones is 1. The summed E-state index contributed by atoms with van der Waals surface area (Å²) in [5.41, 5.74) is 6.84. The molecule has 240 valence electrons. The number of nitrogens with zero attached hydrogens (tertiary/aromatic N) is 3. The van der Waals surface area contributed by atoms with Crippen LogP contribution in [0.4, 0.5) is 0 Å². The molecule has 1 atom stereocenters. The number of hydrogen-bond acceptors (Lipinski definition) is 4. The maximum absolute atomic E-state index is 13.4. The standard InChI is InChI=1S/C37H46B2ClN3O3/c1-24(2)18-31(44)6-4-3-5-7-33(45)42-14-10-25(11-15-42)19-34(46)43-16-12-26(13-17-43)36-35-27(21-30(40)22-32(35)39)8-9-28-20-29(38)23-41-37(28)36/h20-23,25-26,36H,1,3-19H2,2H3/t36-/m1/s1. The summed E-state index contributed by atoms with van der Waals surface area (Å²) in [6.45, 7) is 8.56. The van der Waals surface area contributed by atoms with Crippen LogP contribution in [-0.4, -0.2) is 74.3 Å². The molecule has 0 bridgehead atoms. The molecule has 0 saturated carbocycles. The normalized spacial score (nSPS) is 18.9. The van der Waals surface area contributed by atoms with Gasteiger partial charge in [-0.1, -0.05) is 53.2 Å². The van der Waals surface area contributed by atoms with E-state index in [0.29, 0.717) is 53.5 Å². The van der Waals surface area contributed by atoms with Crippen LogP contribution in [0.25, 0.3) is 0 Å².